The number of fused-ring (bicyclic) bond motifs is 1. The van der Waals surface area contributed by atoms with Gasteiger partial charge in [-0.15, -0.1) is 0 Å². The number of hydrogen-bond donors (Lipinski definition) is 1. The monoisotopic (exact) mass is 262 g/mol. The summed E-state index contributed by atoms with van der Waals surface area (Å²) in [5.41, 5.74) is 6.15. The molecule has 0 fully saturated rings. The quantitative estimate of drug-likeness (QED) is 0.889. The number of hydrogen-bond acceptors (Lipinski definition) is 4. The zero-order chi connectivity index (χ0) is 14.2. The largest absolute Gasteiger partial charge is 0.476 e. The fraction of sp³-hybridized carbons (Fsp3) is 0.429. The topological polar surface area (TPSA) is 72.6 Å². The highest BCUT2D eigenvalue weighted by Crippen LogP contribution is 2.38. The van der Waals surface area contributed by atoms with E-state index in [2.05, 4.69) is 0 Å². The maximum absolute atomic E-state index is 12.4. The van der Waals surface area contributed by atoms with Crippen molar-refractivity contribution in [2.45, 2.75) is 32.9 Å². The van der Waals surface area contributed by atoms with Gasteiger partial charge in [-0.3, -0.25) is 14.5 Å². The molecule has 1 aliphatic heterocycles. The smallest absolute Gasteiger partial charge is 0.271 e. The number of amides is 1. The fourth-order valence-electron chi connectivity index (χ4n) is 2.12. The molecule has 0 atom stereocenters. The van der Waals surface area contributed by atoms with Gasteiger partial charge in [-0.05, 0) is 38.5 Å². The van der Waals surface area contributed by atoms with Crippen LogP contribution in [0.1, 0.15) is 26.3 Å². The van der Waals surface area contributed by atoms with E-state index in [9.17, 15) is 9.59 Å². The second kappa shape index (κ2) is 4.66. The summed E-state index contributed by atoms with van der Waals surface area (Å²) in [5, 5.41) is 0. The third-order valence-corrected chi connectivity index (χ3v) is 3.06. The molecule has 0 radical (unpaired) electrons. The Labute approximate surface area is 112 Å². The molecule has 0 saturated heterocycles. The van der Waals surface area contributed by atoms with Crippen molar-refractivity contribution in [3.8, 4) is 5.75 Å². The van der Waals surface area contributed by atoms with Crippen molar-refractivity contribution in [2.75, 3.05) is 11.4 Å². The summed E-state index contributed by atoms with van der Waals surface area (Å²) in [7, 11) is 0. The minimum absolute atomic E-state index is 0.0483. The van der Waals surface area contributed by atoms with Crippen molar-refractivity contribution >= 4 is 17.4 Å². The van der Waals surface area contributed by atoms with Gasteiger partial charge in [0.2, 0.25) is 0 Å². The van der Waals surface area contributed by atoms with E-state index in [1.807, 2.05) is 6.07 Å². The lowest BCUT2D eigenvalue weighted by molar-refractivity contribution is -0.133. The number of ether oxygens (including phenoxy) is 1. The second-order valence-corrected chi connectivity index (χ2v) is 5.21. The first kappa shape index (κ1) is 13.5. The molecule has 5 nitrogen and oxygen atoms in total. The number of rotatable bonds is 3. The molecular formula is C14H18N2O3. The van der Waals surface area contributed by atoms with E-state index in [1.54, 1.807) is 26.0 Å². The number of nitrogens with two attached hydrogens (primary N) is 1. The molecule has 1 aromatic carbocycles. The van der Waals surface area contributed by atoms with Crippen LogP contribution in [0.15, 0.2) is 18.2 Å². The summed E-state index contributed by atoms with van der Waals surface area (Å²) in [6.45, 7) is 5.28. The Balaban J connectivity index is 2.52. The van der Waals surface area contributed by atoms with Crippen molar-refractivity contribution in [3.63, 3.8) is 0 Å². The van der Waals surface area contributed by atoms with E-state index in [1.165, 1.54) is 11.8 Å². The Kier molecular flexibility index (Phi) is 3.32. The molecule has 102 valence electrons. The Morgan fingerprint density at radius 1 is 1.42 bits per heavy atom. The predicted octanol–water partition coefficient (Wildman–Crippen LogP) is 1.24. The molecule has 1 amide bonds. The lowest BCUT2D eigenvalue weighted by Gasteiger charge is -2.38. The highest BCUT2D eigenvalue weighted by molar-refractivity contribution is 6.05. The van der Waals surface area contributed by atoms with Gasteiger partial charge in [-0.25, -0.2) is 0 Å². The summed E-state index contributed by atoms with van der Waals surface area (Å²) >= 11 is 0. The van der Waals surface area contributed by atoms with Crippen molar-refractivity contribution in [2.24, 2.45) is 5.73 Å². The molecule has 0 bridgehead atoms. The van der Waals surface area contributed by atoms with Crippen molar-refractivity contribution in [3.05, 3.63) is 23.8 Å². The number of anilines is 1. The molecule has 0 aliphatic carbocycles. The van der Waals surface area contributed by atoms with Crippen molar-refractivity contribution in [1.29, 1.82) is 0 Å². The zero-order valence-electron chi connectivity index (χ0n) is 11.4. The van der Waals surface area contributed by atoms with Gasteiger partial charge in [0.1, 0.15) is 11.5 Å². The van der Waals surface area contributed by atoms with Gasteiger partial charge in [0, 0.05) is 6.54 Å². The summed E-state index contributed by atoms with van der Waals surface area (Å²) in [5.74, 6) is 0.308. The molecule has 5 heteroatoms. The molecule has 1 aliphatic rings. The van der Waals surface area contributed by atoms with Gasteiger partial charge in [0.25, 0.3) is 5.91 Å². The molecule has 2 N–H and O–H groups in total. The average molecular weight is 262 g/mol. The maximum Gasteiger partial charge on any atom is 0.271 e. The van der Waals surface area contributed by atoms with E-state index in [0.29, 0.717) is 18.0 Å². The second-order valence-electron chi connectivity index (χ2n) is 5.21. The van der Waals surface area contributed by atoms with Gasteiger partial charge in [-0.2, -0.15) is 0 Å². The fourth-order valence-corrected chi connectivity index (χ4v) is 2.12. The van der Waals surface area contributed by atoms with Crippen molar-refractivity contribution < 1.29 is 14.3 Å². The SMILES string of the molecule is CC(=O)CN1C(=O)C(C)(C)Oc2ccc(CN)cc21. The maximum atomic E-state index is 12.4. The molecule has 2 rings (SSSR count). The predicted molar refractivity (Wildman–Crippen MR) is 72.1 cm³/mol. The van der Waals surface area contributed by atoms with Crippen LogP contribution in [0.3, 0.4) is 0 Å². The third-order valence-electron chi connectivity index (χ3n) is 3.06. The van der Waals surface area contributed by atoms with E-state index in [-0.39, 0.29) is 18.2 Å². The van der Waals surface area contributed by atoms with Crippen LogP contribution >= 0.6 is 0 Å². The molecule has 0 unspecified atom stereocenters. The standard InChI is InChI=1S/C14H18N2O3/c1-9(17)8-16-11-6-10(7-15)4-5-12(11)19-14(2,3)13(16)18/h4-6H,7-8,15H2,1-3H3. The van der Waals surface area contributed by atoms with Crippen LogP contribution in [0.4, 0.5) is 5.69 Å². The van der Waals surface area contributed by atoms with E-state index in [4.69, 9.17) is 10.5 Å². The number of carbonyl (C=O) groups excluding carboxylic acids is 2. The van der Waals surface area contributed by atoms with Crippen LogP contribution in [0.2, 0.25) is 0 Å². The summed E-state index contributed by atoms with van der Waals surface area (Å²) in [6, 6.07) is 5.45. The lowest BCUT2D eigenvalue weighted by atomic mass is 10.0. The van der Waals surface area contributed by atoms with Crippen molar-refractivity contribution in [1.82, 2.24) is 0 Å². The number of Topliss-reactive ketones (excluding diaryl/α,β-unsaturated/α-hetero) is 1. The van der Waals surface area contributed by atoms with Crippen LogP contribution in [0.25, 0.3) is 0 Å². The zero-order valence-corrected chi connectivity index (χ0v) is 11.4. The molecule has 0 saturated carbocycles. The molecule has 1 heterocycles. The molecule has 0 spiro atoms. The third kappa shape index (κ3) is 2.46. The summed E-state index contributed by atoms with van der Waals surface area (Å²) < 4.78 is 5.70. The average Bonchev–Trinajstić information content (AvgIpc) is 2.34. The van der Waals surface area contributed by atoms with Crippen LogP contribution in [-0.4, -0.2) is 23.8 Å². The van der Waals surface area contributed by atoms with Crippen LogP contribution in [0, 0.1) is 0 Å². The van der Waals surface area contributed by atoms with Crippen LogP contribution in [0.5, 0.6) is 5.75 Å². The Hall–Kier alpha value is -1.88. The van der Waals surface area contributed by atoms with Gasteiger partial charge >= 0.3 is 0 Å². The van der Waals surface area contributed by atoms with Gasteiger partial charge in [0.15, 0.2) is 5.60 Å². The minimum atomic E-state index is -0.966. The summed E-state index contributed by atoms with van der Waals surface area (Å²) in [4.78, 5) is 25.2. The normalized spacial score (nSPS) is 16.8. The van der Waals surface area contributed by atoms with E-state index < -0.39 is 5.60 Å². The van der Waals surface area contributed by atoms with E-state index >= 15 is 0 Å². The number of carbonyl (C=O) groups is 2. The number of ketones is 1. The first-order valence-corrected chi connectivity index (χ1v) is 6.18. The number of benzene rings is 1. The highest BCUT2D eigenvalue weighted by Gasteiger charge is 2.41. The molecular weight excluding hydrogens is 244 g/mol. The van der Waals surface area contributed by atoms with Gasteiger partial charge in [-0.1, -0.05) is 6.07 Å². The van der Waals surface area contributed by atoms with Crippen LogP contribution in [-0.2, 0) is 16.1 Å². The number of nitrogens with zero attached hydrogens (tertiary/aromatic N) is 1. The Bertz CT molecular complexity index is 537. The Morgan fingerprint density at radius 3 is 2.68 bits per heavy atom. The molecule has 1 aromatic rings. The lowest BCUT2D eigenvalue weighted by Crippen LogP contribution is -2.53. The van der Waals surface area contributed by atoms with Gasteiger partial charge < -0.3 is 10.5 Å². The summed E-state index contributed by atoms with van der Waals surface area (Å²) in [6.07, 6.45) is 0. The minimum Gasteiger partial charge on any atom is -0.476 e. The first-order chi connectivity index (χ1) is 8.85. The first-order valence-electron chi connectivity index (χ1n) is 6.18. The van der Waals surface area contributed by atoms with Crippen LogP contribution < -0.4 is 15.4 Å². The molecule has 0 aromatic heterocycles. The Morgan fingerprint density at radius 2 is 2.11 bits per heavy atom. The molecule has 19 heavy (non-hydrogen) atoms. The highest BCUT2D eigenvalue weighted by atomic mass is 16.5. The van der Waals surface area contributed by atoms with E-state index in [0.717, 1.165) is 5.56 Å². The van der Waals surface area contributed by atoms with Gasteiger partial charge in [0.05, 0.1) is 12.2 Å².